The van der Waals surface area contributed by atoms with Crippen molar-refractivity contribution in [1.29, 1.82) is 0 Å². The summed E-state index contributed by atoms with van der Waals surface area (Å²) in [6.45, 7) is 3.35. The third-order valence-electron chi connectivity index (χ3n) is 3.64. The van der Waals surface area contributed by atoms with E-state index in [9.17, 15) is 29.4 Å². The van der Waals surface area contributed by atoms with Crippen molar-refractivity contribution in [3.05, 3.63) is 84.1 Å². The highest BCUT2D eigenvalue weighted by Gasteiger charge is 2.41. The van der Waals surface area contributed by atoms with Gasteiger partial charge in [0, 0.05) is 0 Å². The molecule has 2 aromatic rings. The minimum absolute atomic E-state index is 0.0322. The molecule has 0 aliphatic carbocycles. The molecule has 0 heterocycles. The molecule has 8 heteroatoms. The summed E-state index contributed by atoms with van der Waals surface area (Å²) in [4.78, 5) is 47.4. The summed E-state index contributed by atoms with van der Waals surface area (Å²) in [6, 6.07) is 15.1. The molecular weight excluding hydrogens is 368 g/mol. The van der Waals surface area contributed by atoms with Gasteiger partial charge in [-0.2, -0.15) is 0 Å². The van der Waals surface area contributed by atoms with Crippen LogP contribution in [0.2, 0.25) is 0 Å². The van der Waals surface area contributed by atoms with E-state index in [2.05, 4.69) is 6.58 Å². The van der Waals surface area contributed by atoms with Gasteiger partial charge < -0.3 is 19.7 Å². The second-order valence-corrected chi connectivity index (χ2v) is 5.57. The van der Waals surface area contributed by atoms with E-state index in [4.69, 9.17) is 9.47 Å². The van der Waals surface area contributed by atoms with Crippen molar-refractivity contribution >= 4 is 23.9 Å². The van der Waals surface area contributed by atoms with Crippen molar-refractivity contribution in [3.8, 4) is 0 Å². The van der Waals surface area contributed by atoms with E-state index in [-0.39, 0.29) is 11.1 Å². The molecule has 2 rings (SSSR count). The quantitative estimate of drug-likeness (QED) is 0.524. The molecule has 0 saturated heterocycles. The topological polar surface area (TPSA) is 127 Å². The van der Waals surface area contributed by atoms with E-state index in [1.807, 2.05) is 0 Å². The molecule has 2 atom stereocenters. The maximum absolute atomic E-state index is 12.1. The van der Waals surface area contributed by atoms with Gasteiger partial charge >= 0.3 is 23.9 Å². The fourth-order valence-electron chi connectivity index (χ4n) is 2.27. The molecule has 0 unspecified atom stereocenters. The van der Waals surface area contributed by atoms with Crippen molar-refractivity contribution in [2.75, 3.05) is 0 Å². The van der Waals surface area contributed by atoms with Gasteiger partial charge in [0.05, 0.1) is 11.1 Å². The number of carboxylic acid groups (broad SMARTS) is 2. The van der Waals surface area contributed by atoms with Crippen LogP contribution in [-0.2, 0) is 19.1 Å². The summed E-state index contributed by atoms with van der Waals surface area (Å²) in [7, 11) is 0. The summed E-state index contributed by atoms with van der Waals surface area (Å²) in [5.74, 6) is -8.04. The molecule has 0 spiro atoms. The molecule has 28 heavy (non-hydrogen) atoms. The number of carbonyl (C=O) groups excluding carboxylic acids is 2. The summed E-state index contributed by atoms with van der Waals surface area (Å²) in [5, 5.41) is 18.8. The van der Waals surface area contributed by atoms with Gasteiger partial charge in [-0.15, -0.1) is 0 Å². The normalized spacial score (nSPS) is 12.3. The summed E-state index contributed by atoms with van der Waals surface area (Å²) < 4.78 is 9.77. The van der Waals surface area contributed by atoms with Gasteiger partial charge in [0.15, 0.2) is 5.92 Å². The minimum Gasteiger partial charge on any atom is -0.481 e. The van der Waals surface area contributed by atoms with E-state index < -0.39 is 41.7 Å². The van der Waals surface area contributed by atoms with Gasteiger partial charge in [-0.3, -0.25) is 4.79 Å². The number of hydrogen-bond donors (Lipinski definition) is 2. The zero-order valence-electron chi connectivity index (χ0n) is 14.5. The van der Waals surface area contributed by atoms with Crippen LogP contribution in [0.4, 0.5) is 0 Å². The lowest BCUT2D eigenvalue weighted by atomic mass is 10.0. The molecule has 2 aromatic carbocycles. The monoisotopic (exact) mass is 384 g/mol. The summed E-state index contributed by atoms with van der Waals surface area (Å²) >= 11 is 0. The Hall–Kier alpha value is -3.94. The first kappa shape index (κ1) is 20.4. The van der Waals surface area contributed by atoms with Crippen LogP contribution in [0.1, 0.15) is 20.7 Å². The van der Waals surface area contributed by atoms with Crippen molar-refractivity contribution in [1.82, 2.24) is 0 Å². The van der Waals surface area contributed by atoms with Crippen LogP contribution in [0.15, 0.2) is 73.0 Å². The van der Waals surface area contributed by atoms with Gasteiger partial charge in [0.2, 0.25) is 6.10 Å². The molecule has 2 N–H and O–H groups in total. The number of ether oxygens (including phenoxy) is 2. The van der Waals surface area contributed by atoms with Crippen molar-refractivity contribution in [2.24, 2.45) is 5.92 Å². The van der Waals surface area contributed by atoms with Crippen LogP contribution < -0.4 is 0 Å². The Balaban J connectivity index is 2.21. The zero-order valence-corrected chi connectivity index (χ0v) is 14.5. The molecule has 0 fully saturated rings. The van der Waals surface area contributed by atoms with E-state index in [1.54, 1.807) is 24.3 Å². The van der Waals surface area contributed by atoms with Crippen molar-refractivity contribution < 1.29 is 38.9 Å². The Kier molecular flexibility index (Phi) is 6.64. The average molecular weight is 384 g/mol. The van der Waals surface area contributed by atoms with E-state index in [0.717, 1.165) is 0 Å². The molecule has 0 aromatic heterocycles. The molecule has 8 nitrogen and oxygen atoms in total. The lowest BCUT2D eigenvalue weighted by molar-refractivity contribution is -0.159. The number of hydrogen-bond acceptors (Lipinski definition) is 6. The first-order valence-corrected chi connectivity index (χ1v) is 7.99. The molecule has 0 amide bonds. The van der Waals surface area contributed by atoms with Gasteiger partial charge in [0.1, 0.15) is 5.76 Å². The van der Waals surface area contributed by atoms with E-state index in [1.165, 1.54) is 36.4 Å². The smallest absolute Gasteiger partial charge is 0.346 e. The third kappa shape index (κ3) is 5.04. The van der Waals surface area contributed by atoms with Gasteiger partial charge in [-0.1, -0.05) is 43.0 Å². The lowest BCUT2D eigenvalue weighted by Crippen LogP contribution is -2.40. The molecule has 144 valence electrons. The Morgan fingerprint density at radius 3 is 1.64 bits per heavy atom. The molecule has 0 aliphatic rings. The highest BCUT2D eigenvalue weighted by molar-refractivity contribution is 5.94. The third-order valence-corrected chi connectivity index (χ3v) is 3.64. The van der Waals surface area contributed by atoms with Crippen LogP contribution in [-0.4, -0.2) is 40.2 Å². The first-order chi connectivity index (χ1) is 13.3. The first-order valence-electron chi connectivity index (χ1n) is 7.99. The van der Waals surface area contributed by atoms with Crippen molar-refractivity contribution in [2.45, 2.75) is 6.10 Å². The zero-order chi connectivity index (χ0) is 20.7. The lowest BCUT2D eigenvalue weighted by Gasteiger charge is -2.22. The number of carboxylic acids is 2. The second kappa shape index (κ2) is 9.13. The number of rotatable bonds is 8. The summed E-state index contributed by atoms with van der Waals surface area (Å²) in [6.07, 6.45) is -2.15. The Labute approximate surface area is 159 Å². The van der Waals surface area contributed by atoms with Crippen molar-refractivity contribution in [3.63, 3.8) is 0 Å². The maximum atomic E-state index is 12.1. The van der Waals surface area contributed by atoms with E-state index >= 15 is 0 Å². The molecule has 0 saturated carbocycles. The van der Waals surface area contributed by atoms with Gasteiger partial charge in [-0.05, 0) is 24.3 Å². The average Bonchev–Trinajstić information content (AvgIpc) is 2.68. The van der Waals surface area contributed by atoms with Gasteiger partial charge in [0.25, 0.3) is 0 Å². The van der Waals surface area contributed by atoms with Crippen LogP contribution in [0, 0.1) is 5.92 Å². The highest BCUT2D eigenvalue weighted by Crippen LogP contribution is 2.22. The largest absolute Gasteiger partial charge is 0.481 e. The van der Waals surface area contributed by atoms with E-state index in [0.29, 0.717) is 0 Å². The predicted octanol–water partition coefficient (Wildman–Crippen LogP) is 2.37. The predicted molar refractivity (Wildman–Crippen MR) is 95.4 cm³/mol. The number of esters is 2. The molecule has 0 radical (unpaired) electrons. The highest BCUT2D eigenvalue weighted by atomic mass is 16.6. The fraction of sp³-hybridized carbons (Fsp3) is 0.100. The molecule has 0 aliphatic heterocycles. The second-order valence-electron chi connectivity index (χ2n) is 5.57. The number of carbonyl (C=O) groups is 4. The van der Waals surface area contributed by atoms with Crippen LogP contribution in [0.3, 0.4) is 0 Å². The Morgan fingerprint density at radius 2 is 1.21 bits per heavy atom. The summed E-state index contributed by atoms with van der Waals surface area (Å²) in [5.41, 5.74) is 0.144. The molecular formula is C20H16O8. The maximum Gasteiger partial charge on any atom is 0.346 e. The van der Waals surface area contributed by atoms with Crippen LogP contribution >= 0.6 is 0 Å². The van der Waals surface area contributed by atoms with Crippen LogP contribution in [0.5, 0.6) is 0 Å². The Morgan fingerprint density at radius 1 is 0.750 bits per heavy atom. The van der Waals surface area contributed by atoms with Gasteiger partial charge in [-0.25, -0.2) is 14.4 Å². The number of benzene rings is 2. The van der Waals surface area contributed by atoms with Crippen LogP contribution in [0.25, 0.3) is 0 Å². The number of aliphatic carboxylic acids is 2. The molecule has 0 bridgehead atoms. The Bertz CT molecular complexity index is 889. The SMILES string of the molecule is C=C(OC(=O)c1ccccc1)[C@H](C(=O)O)[C@H](OC(=O)c1ccccc1)C(=O)O. The minimum atomic E-state index is -2.15. The fourth-order valence-corrected chi connectivity index (χ4v) is 2.27. The standard InChI is InChI=1S/C20H16O8/c1-12(27-19(25)13-8-4-2-5-9-13)15(17(21)22)16(18(23)24)28-20(26)14-10-6-3-7-11-14/h2-11,15-16H,1H2,(H,21,22)(H,23,24)/t15-,16-/m0/s1.